The van der Waals surface area contributed by atoms with Gasteiger partial charge in [-0.3, -0.25) is 0 Å². The molecule has 3 aliphatic rings. The molecule has 2 bridgehead atoms. The maximum absolute atomic E-state index is 13.9. The van der Waals surface area contributed by atoms with Crippen LogP contribution in [0.25, 0.3) is 6.08 Å². The van der Waals surface area contributed by atoms with Crippen molar-refractivity contribution in [3.05, 3.63) is 102 Å². The molecule has 3 aromatic rings. The van der Waals surface area contributed by atoms with E-state index in [4.69, 9.17) is 9.47 Å². The van der Waals surface area contributed by atoms with Gasteiger partial charge < -0.3 is 19.1 Å². The van der Waals surface area contributed by atoms with E-state index in [-0.39, 0.29) is 6.10 Å². The number of benzene rings is 3. The van der Waals surface area contributed by atoms with Crippen molar-refractivity contribution in [1.29, 1.82) is 0 Å². The standard InChI is InChI=1S/C33H36NO4/c1-34(2,21-11-10-14-23-12-4-3-5-13-23)28-22-24-19-20-25(28)31(24)38-32(35)33(36)26-15-6-8-17-29(26)37-30-18-9-7-16-27(30)33/h3-10,12-18,24-25,28,31,36H,11,19-22H2,1-2H3/q+1/b14-10+. The van der Waals surface area contributed by atoms with Crippen molar-refractivity contribution < 1.29 is 23.9 Å². The molecular weight excluding hydrogens is 474 g/mol. The number of nitrogens with zero attached hydrogens (tertiary/aromatic N) is 1. The fraction of sp³-hybridized carbons (Fsp3) is 0.364. The van der Waals surface area contributed by atoms with Crippen molar-refractivity contribution in [3.63, 3.8) is 0 Å². The van der Waals surface area contributed by atoms with Crippen molar-refractivity contribution in [2.75, 3.05) is 20.6 Å². The number of quaternary nitrogens is 1. The van der Waals surface area contributed by atoms with Gasteiger partial charge in [-0.1, -0.05) is 78.9 Å². The number of carbonyl (C=O) groups excluding carboxylic acids is 1. The Labute approximate surface area is 224 Å². The lowest BCUT2D eigenvalue weighted by Gasteiger charge is -2.40. The lowest BCUT2D eigenvalue weighted by Crippen LogP contribution is -2.52. The first-order valence-electron chi connectivity index (χ1n) is 13.7. The molecule has 2 aliphatic carbocycles. The van der Waals surface area contributed by atoms with Crippen LogP contribution >= 0.6 is 0 Å². The van der Waals surface area contributed by atoms with E-state index in [1.165, 1.54) is 5.56 Å². The van der Waals surface area contributed by atoms with Gasteiger partial charge in [0.1, 0.15) is 17.6 Å². The van der Waals surface area contributed by atoms with Crippen LogP contribution in [0, 0.1) is 11.8 Å². The Morgan fingerprint density at radius 2 is 1.61 bits per heavy atom. The van der Waals surface area contributed by atoms with Gasteiger partial charge in [-0.15, -0.1) is 0 Å². The third-order valence-corrected chi connectivity index (χ3v) is 8.99. The van der Waals surface area contributed by atoms with Crippen LogP contribution in [0.5, 0.6) is 11.5 Å². The van der Waals surface area contributed by atoms with E-state index in [1.54, 1.807) is 24.3 Å². The van der Waals surface area contributed by atoms with Gasteiger partial charge in [0, 0.05) is 35.8 Å². The molecule has 0 radical (unpaired) electrons. The molecule has 1 N–H and O–H groups in total. The number of rotatable bonds is 7. The van der Waals surface area contributed by atoms with E-state index in [0.29, 0.717) is 40.5 Å². The lowest BCUT2D eigenvalue weighted by atomic mass is 9.83. The molecule has 196 valence electrons. The van der Waals surface area contributed by atoms with E-state index in [0.717, 1.165) is 36.7 Å². The molecule has 1 heterocycles. The second-order valence-corrected chi connectivity index (χ2v) is 11.6. The van der Waals surface area contributed by atoms with Gasteiger partial charge in [0.15, 0.2) is 0 Å². The first kappa shape index (κ1) is 24.9. The topological polar surface area (TPSA) is 55.8 Å². The van der Waals surface area contributed by atoms with Gasteiger partial charge in [0.25, 0.3) is 0 Å². The molecule has 0 saturated heterocycles. The minimum Gasteiger partial charge on any atom is -0.459 e. The number of esters is 1. The highest BCUT2D eigenvalue weighted by Crippen LogP contribution is 2.52. The highest BCUT2D eigenvalue weighted by molar-refractivity contribution is 5.88. The Balaban J connectivity index is 1.18. The van der Waals surface area contributed by atoms with Crippen molar-refractivity contribution in [2.45, 2.75) is 43.4 Å². The predicted octanol–water partition coefficient (Wildman–Crippen LogP) is 5.92. The maximum atomic E-state index is 13.9. The summed E-state index contributed by atoms with van der Waals surface area (Å²) in [6.45, 7) is 1.03. The third kappa shape index (κ3) is 4.24. The fourth-order valence-corrected chi connectivity index (χ4v) is 6.98. The molecule has 3 aromatic carbocycles. The molecule has 0 aromatic heterocycles. The van der Waals surface area contributed by atoms with E-state index < -0.39 is 11.6 Å². The van der Waals surface area contributed by atoms with Gasteiger partial charge in [-0.25, -0.2) is 4.79 Å². The van der Waals surface area contributed by atoms with E-state index in [9.17, 15) is 9.90 Å². The summed E-state index contributed by atoms with van der Waals surface area (Å²) >= 11 is 0. The highest BCUT2D eigenvalue weighted by Gasteiger charge is 2.58. The molecule has 5 nitrogen and oxygen atoms in total. The summed E-state index contributed by atoms with van der Waals surface area (Å²) in [7, 11) is 4.61. The molecule has 2 fully saturated rings. The molecule has 0 spiro atoms. The number of hydrogen-bond donors (Lipinski definition) is 1. The van der Waals surface area contributed by atoms with E-state index in [1.807, 2.05) is 30.3 Å². The SMILES string of the molecule is C[N+](C)(CC/C=C/c1ccccc1)C1CC2CCC1C2OC(=O)C1(O)c2ccccc2Oc2ccccc21. The molecule has 38 heavy (non-hydrogen) atoms. The van der Waals surface area contributed by atoms with Crippen LogP contribution in [-0.2, 0) is 15.1 Å². The zero-order valence-electron chi connectivity index (χ0n) is 22.1. The summed E-state index contributed by atoms with van der Waals surface area (Å²) in [6.07, 6.45) is 8.45. The predicted molar refractivity (Wildman–Crippen MR) is 148 cm³/mol. The molecule has 0 amide bonds. The van der Waals surface area contributed by atoms with Crippen LogP contribution in [0.3, 0.4) is 0 Å². The van der Waals surface area contributed by atoms with Crippen LogP contribution in [-0.4, -0.2) is 48.3 Å². The number of fused-ring (bicyclic) bond motifs is 4. The van der Waals surface area contributed by atoms with Crippen molar-refractivity contribution >= 4 is 12.0 Å². The fourth-order valence-electron chi connectivity index (χ4n) is 6.98. The Hall–Kier alpha value is -3.41. The van der Waals surface area contributed by atoms with Gasteiger partial charge in [-0.05, 0) is 30.5 Å². The Morgan fingerprint density at radius 3 is 2.29 bits per heavy atom. The molecule has 1 aliphatic heterocycles. The zero-order chi connectivity index (χ0) is 26.3. The average molecular weight is 511 g/mol. The second-order valence-electron chi connectivity index (χ2n) is 11.6. The molecular formula is C33H36NO4+. The van der Waals surface area contributed by atoms with Crippen LogP contribution in [0.2, 0.25) is 0 Å². The normalized spacial score (nSPS) is 25.0. The number of carbonyl (C=O) groups is 1. The van der Waals surface area contributed by atoms with Crippen LogP contribution in [0.4, 0.5) is 0 Å². The molecule has 4 atom stereocenters. The Kier molecular flexibility index (Phi) is 6.37. The molecule has 2 saturated carbocycles. The quantitative estimate of drug-likeness (QED) is 0.317. The Bertz CT molecular complexity index is 1300. The number of aliphatic hydroxyl groups is 1. The summed E-state index contributed by atoms with van der Waals surface area (Å²) in [5.41, 5.74) is 0.202. The number of para-hydroxylation sites is 2. The first-order chi connectivity index (χ1) is 18.4. The summed E-state index contributed by atoms with van der Waals surface area (Å²) in [6, 6.07) is 25.2. The van der Waals surface area contributed by atoms with Crippen LogP contribution in [0.15, 0.2) is 84.9 Å². The Morgan fingerprint density at radius 1 is 0.974 bits per heavy atom. The molecule has 5 heteroatoms. The van der Waals surface area contributed by atoms with Gasteiger partial charge >= 0.3 is 5.97 Å². The van der Waals surface area contributed by atoms with E-state index in [2.05, 4.69) is 50.5 Å². The zero-order valence-corrected chi connectivity index (χ0v) is 22.1. The summed E-state index contributed by atoms with van der Waals surface area (Å²) in [5, 5.41) is 12.0. The van der Waals surface area contributed by atoms with Crippen molar-refractivity contribution in [3.8, 4) is 11.5 Å². The van der Waals surface area contributed by atoms with Crippen LogP contribution < -0.4 is 4.74 Å². The highest BCUT2D eigenvalue weighted by atomic mass is 16.6. The van der Waals surface area contributed by atoms with Crippen molar-refractivity contribution in [1.82, 2.24) is 0 Å². The molecule has 4 unspecified atom stereocenters. The van der Waals surface area contributed by atoms with Gasteiger partial charge in [-0.2, -0.15) is 0 Å². The van der Waals surface area contributed by atoms with Gasteiger partial charge in [0.05, 0.1) is 26.7 Å². The minimum absolute atomic E-state index is 0.170. The number of hydrogen-bond acceptors (Lipinski definition) is 4. The average Bonchev–Trinajstić information content (AvgIpc) is 3.49. The molecule has 6 rings (SSSR count). The lowest BCUT2D eigenvalue weighted by molar-refractivity contribution is -0.918. The summed E-state index contributed by atoms with van der Waals surface area (Å²) < 4.78 is 13.2. The second kappa shape index (κ2) is 9.72. The summed E-state index contributed by atoms with van der Waals surface area (Å²) in [5.74, 6) is 1.00. The third-order valence-electron chi connectivity index (χ3n) is 8.99. The van der Waals surface area contributed by atoms with E-state index >= 15 is 0 Å². The maximum Gasteiger partial charge on any atom is 0.348 e. The largest absolute Gasteiger partial charge is 0.459 e. The summed E-state index contributed by atoms with van der Waals surface area (Å²) in [4.78, 5) is 13.9. The smallest absolute Gasteiger partial charge is 0.348 e. The number of ether oxygens (including phenoxy) is 2. The first-order valence-corrected chi connectivity index (χ1v) is 13.7. The minimum atomic E-state index is -1.89. The van der Waals surface area contributed by atoms with Crippen LogP contribution in [0.1, 0.15) is 42.4 Å². The monoisotopic (exact) mass is 510 g/mol. The van der Waals surface area contributed by atoms with Gasteiger partial charge in [0.2, 0.25) is 5.60 Å². The van der Waals surface area contributed by atoms with Crippen molar-refractivity contribution in [2.24, 2.45) is 11.8 Å².